The second-order valence-corrected chi connectivity index (χ2v) is 2.90. The summed E-state index contributed by atoms with van der Waals surface area (Å²) in [7, 11) is 0. The predicted molar refractivity (Wildman–Crippen MR) is 51.9 cm³/mol. The Morgan fingerprint density at radius 2 is 1.64 bits per heavy atom. The summed E-state index contributed by atoms with van der Waals surface area (Å²) in [5, 5.41) is 0. The van der Waals surface area contributed by atoms with Crippen LogP contribution in [0.4, 0.5) is 0 Å². The summed E-state index contributed by atoms with van der Waals surface area (Å²) in [5.41, 5.74) is 0. The van der Waals surface area contributed by atoms with Crippen molar-refractivity contribution in [3.63, 3.8) is 0 Å². The van der Waals surface area contributed by atoms with Gasteiger partial charge in [-0.15, -0.1) is 0 Å². The molecule has 0 aromatic heterocycles. The van der Waals surface area contributed by atoms with E-state index in [0.29, 0.717) is 0 Å². The number of hydrogen-bond acceptors (Lipinski definition) is 1. The fraction of sp³-hybridized carbons (Fsp3) is 1.00. The first-order chi connectivity index (χ1) is 5.43. The highest BCUT2D eigenvalue weighted by atomic mass is 15.1. The predicted octanol–water partition coefficient (Wildman–Crippen LogP) is 2.91. The Bertz CT molecular complexity index is 65.3. The van der Waals surface area contributed by atoms with E-state index in [2.05, 4.69) is 11.8 Å². The molecule has 0 spiro atoms. The molecule has 1 saturated heterocycles. The summed E-state index contributed by atoms with van der Waals surface area (Å²) in [5.74, 6) is 0. The van der Waals surface area contributed by atoms with Gasteiger partial charge in [-0.05, 0) is 38.9 Å². The van der Waals surface area contributed by atoms with Crippen molar-refractivity contribution in [2.75, 3.05) is 19.6 Å². The van der Waals surface area contributed by atoms with Gasteiger partial charge in [0, 0.05) is 0 Å². The highest BCUT2D eigenvalue weighted by Crippen LogP contribution is 2.07. The van der Waals surface area contributed by atoms with Crippen LogP contribution in [-0.2, 0) is 0 Å². The van der Waals surface area contributed by atoms with Gasteiger partial charge in [0.1, 0.15) is 0 Å². The molecule has 0 aliphatic carbocycles. The topological polar surface area (TPSA) is 3.24 Å². The fourth-order valence-electron chi connectivity index (χ4n) is 1.39. The Labute approximate surface area is 71.8 Å². The molecule has 0 saturated carbocycles. The van der Waals surface area contributed by atoms with Crippen molar-refractivity contribution < 1.29 is 0 Å². The van der Waals surface area contributed by atoms with Gasteiger partial charge in [-0.25, -0.2) is 0 Å². The zero-order chi connectivity index (χ0) is 8.53. The lowest BCUT2D eigenvalue weighted by Gasteiger charge is -2.12. The van der Waals surface area contributed by atoms with Crippen molar-refractivity contribution in [3.05, 3.63) is 0 Å². The molecule has 0 atom stereocenters. The number of rotatable bonds is 3. The molecule has 0 N–H and O–H groups in total. The zero-order valence-electron chi connectivity index (χ0n) is 8.40. The molecule has 1 nitrogen and oxygen atoms in total. The maximum atomic E-state index is 2.57. The fourth-order valence-corrected chi connectivity index (χ4v) is 1.39. The third-order valence-corrected chi connectivity index (χ3v) is 2.03. The Morgan fingerprint density at radius 1 is 1.09 bits per heavy atom. The minimum atomic E-state index is 1.34. The van der Waals surface area contributed by atoms with Gasteiger partial charge in [0.05, 0.1) is 0 Å². The molecule has 1 aliphatic heterocycles. The molecule has 1 heterocycles. The van der Waals surface area contributed by atoms with Crippen molar-refractivity contribution in [2.24, 2.45) is 0 Å². The molecule has 0 unspecified atom stereocenters. The Balaban J connectivity index is 0.000000461. The second kappa shape index (κ2) is 8.06. The van der Waals surface area contributed by atoms with Crippen LogP contribution in [0.25, 0.3) is 0 Å². The standard InChI is InChI=1S/C8H17N.C2H6/c1-2-3-6-9-7-4-5-8-9;1-2/h2-8H2,1H3;1-2H3. The molecule has 68 valence electrons. The Morgan fingerprint density at radius 3 is 2.09 bits per heavy atom. The van der Waals surface area contributed by atoms with Gasteiger partial charge >= 0.3 is 0 Å². The summed E-state index contributed by atoms with van der Waals surface area (Å²) in [4.78, 5) is 2.57. The van der Waals surface area contributed by atoms with Gasteiger partial charge in [0.25, 0.3) is 0 Å². The SMILES string of the molecule is CC.CCCCN1CCCC1. The molecule has 1 fully saturated rings. The van der Waals surface area contributed by atoms with Crippen molar-refractivity contribution in [3.8, 4) is 0 Å². The van der Waals surface area contributed by atoms with E-state index in [1.54, 1.807) is 0 Å². The van der Waals surface area contributed by atoms with E-state index in [1.165, 1.54) is 45.3 Å². The molecule has 0 radical (unpaired) electrons. The molecule has 11 heavy (non-hydrogen) atoms. The molecule has 1 heteroatoms. The number of unbranched alkanes of at least 4 members (excludes halogenated alkanes) is 1. The highest BCUT2D eigenvalue weighted by Gasteiger charge is 2.08. The van der Waals surface area contributed by atoms with Crippen LogP contribution in [0.15, 0.2) is 0 Å². The molecule has 0 amide bonds. The Hall–Kier alpha value is -0.0400. The minimum absolute atomic E-state index is 1.34. The van der Waals surface area contributed by atoms with E-state index in [1.807, 2.05) is 13.8 Å². The van der Waals surface area contributed by atoms with E-state index in [4.69, 9.17) is 0 Å². The first-order valence-electron chi connectivity index (χ1n) is 5.16. The molecule has 0 aromatic carbocycles. The van der Waals surface area contributed by atoms with Crippen LogP contribution in [0.5, 0.6) is 0 Å². The lowest BCUT2D eigenvalue weighted by atomic mass is 10.3. The van der Waals surface area contributed by atoms with Crippen LogP contribution in [0.1, 0.15) is 46.5 Å². The molecule has 1 aliphatic rings. The van der Waals surface area contributed by atoms with Crippen molar-refractivity contribution >= 4 is 0 Å². The third-order valence-electron chi connectivity index (χ3n) is 2.03. The summed E-state index contributed by atoms with van der Waals surface area (Å²) in [6, 6.07) is 0. The van der Waals surface area contributed by atoms with E-state index < -0.39 is 0 Å². The molecule has 0 bridgehead atoms. The van der Waals surface area contributed by atoms with Crippen LogP contribution >= 0.6 is 0 Å². The van der Waals surface area contributed by atoms with Crippen molar-refractivity contribution in [2.45, 2.75) is 46.5 Å². The van der Waals surface area contributed by atoms with E-state index in [9.17, 15) is 0 Å². The van der Waals surface area contributed by atoms with Crippen molar-refractivity contribution in [1.29, 1.82) is 0 Å². The quantitative estimate of drug-likeness (QED) is 0.609. The normalized spacial score (nSPS) is 17.7. The summed E-state index contributed by atoms with van der Waals surface area (Å²) >= 11 is 0. The first kappa shape index (κ1) is 11.0. The van der Waals surface area contributed by atoms with Gasteiger partial charge in [0.15, 0.2) is 0 Å². The van der Waals surface area contributed by atoms with Crippen LogP contribution < -0.4 is 0 Å². The molecule has 1 rings (SSSR count). The average Bonchev–Trinajstić information content (AvgIpc) is 2.57. The average molecular weight is 157 g/mol. The number of hydrogen-bond donors (Lipinski definition) is 0. The van der Waals surface area contributed by atoms with Gasteiger partial charge in [-0.1, -0.05) is 27.2 Å². The van der Waals surface area contributed by atoms with Gasteiger partial charge < -0.3 is 4.90 Å². The van der Waals surface area contributed by atoms with Crippen LogP contribution in [-0.4, -0.2) is 24.5 Å². The lowest BCUT2D eigenvalue weighted by molar-refractivity contribution is 0.332. The maximum absolute atomic E-state index is 2.57. The van der Waals surface area contributed by atoms with E-state index in [-0.39, 0.29) is 0 Å². The summed E-state index contributed by atoms with van der Waals surface area (Å²) < 4.78 is 0. The first-order valence-corrected chi connectivity index (χ1v) is 5.16. The molecular formula is C10H23N. The third kappa shape index (κ3) is 5.25. The van der Waals surface area contributed by atoms with Crippen LogP contribution in [0.2, 0.25) is 0 Å². The van der Waals surface area contributed by atoms with Crippen molar-refractivity contribution in [1.82, 2.24) is 4.90 Å². The molecular weight excluding hydrogens is 134 g/mol. The maximum Gasteiger partial charge on any atom is -0.00183 e. The number of likely N-dealkylation sites (tertiary alicyclic amines) is 1. The van der Waals surface area contributed by atoms with Crippen LogP contribution in [0.3, 0.4) is 0 Å². The summed E-state index contributed by atoms with van der Waals surface area (Å²) in [6.45, 7) is 10.3. The van der Waals surface area contributed by atoms with Gasteiger partial charge in [-0.3, -0.25) is 0 Å². The van der Waals surface area contributed by atoms with Crippen LogP contribution in [0, 0.1) is 0 Å². The van der Waals surface area contributed by atoms with E-state index in [0.717, 1.165) is 0 Å². The largest absolute Gasteiger partial charge is 0.303 e. The lowest BCUT2D eigenvalue weighted by Crippen LogP contribution is -2.19. The Kier molecular flexibility index (Phi) is 8.03. The monoisotopic (exact) mass is 157 g/mol. The minimum Gasteiger partial charge on any atom is -0.303 e. The highest BCUT2D eigenvalue weighted by molar-refractivity contribution is 4.64. The van der Waals surface area contributed by atoms with Gasteiger partial charge in [-0.2, -0.15) is 0 Å². The second-order valence-electron chi connectivity index (χ2n) is 2.90. The van der Waals surface area contributed by atoms with Gasteiger partial charge in [0.2, 0.25) is 0 Å². The smallest absolute Gasteiger partial charge is 0.00183 e. The number of nitrogens with zero attached hydrogens (tertiary/aromatic N) is 1. The zero-order valence-corrected chi connectivity index (χ0v) is 8.40. The van der Waals surface area contributed by atoms with E-state index >= 15 is 0 Å². The summed E-state index contributed by atoms with van der Waals surface area (Å²) in [6.07, 6.45) is 5.60. The molecule has 0 aromatic rings.